The van der Waals surface area contributed by atoms with Gasteiger partial charge in [-0.3, -0.25) is 0 Å². The van der Waals surface area contributed by atoms with Gasteiger partial charge in [0.25, 0.3) is 0 Å². The Kier molecular flexibility index (Phi) is 3.72. The number of rotatable bonds is 3. The number of anilines is 1. The third kappa shape index (κ3) is 2.50. The van der Waals surface area contributed by atoms with Crippen LogP contribution >= 0.6 is 27.5 Å². The number of pyridine rings is 1. The van der Waals surface area contributed by atoms with Gasteiger partial charge >= 0.3 is 0 Å². The van der Waals surface area contributed by atoms with E-state index in [1.165, 1.54) is 12.8 Å². The van der Waals surface area contributed by atoms with Gasteiger partial charge in [0.05, 0.1) is 15.0 Å². The van der Waals surface area contributed by atoms with Gasteiger partial charge in [0.1, 0.15) is 5.82 Å². The SMILES string of the molecule is NCC1(Nc2ncc(Cl)cc2Br)CCCC1. The van der Waals surface area contributed by atoms with Gasteiger partial charge in [0, 0.05) is 12.7 Å². The van der Waals surface area contributed by atoms with Crippen molar-refractivity contribution in [2.45, 2.75) is 31.2 Å². The molecule has 1 aliphatic carbocycles. The zero-order valence-electron chi connectivity index (χ0n) is 8.97. The molecule has 16 heavy (non-hydrogen) atoms. The maximum Gasteiger partial charge on any atom is 0.140 e. The number of nitrogens with two attached hydrogens (primary N) is 1. The third-order valence-corrected chi connectivity index (χ3v) is 3.95. The zero-order valence-corrected chi connectivity index (χ0v) is 11.3. The molecule has 0 radical (unpaired) electrons. The molecule has 0 saturated heterocycles. The van der Waals surface area contributed by atoms with E-state index < -0.39 is 0 Å². The average Bonchev–Trinajstić information content (AvgIpc) is 2.72. The summed E-state index contributed by atoms with van der Waals surface area (Å²) in [5.74, 6) is 0.830. The Morgan fingerprint density at radius 2 is 2.19 bits per heavy atom. The second-order valence-corrected chi connectivity index (χ2v) is 5.59. The lowest BCUT2D eigenvalue weighted by atomic mass is 9.98. The molecule has 0 aromatic carbocycles. The van der Waals surface area contributed by atoms with Gasteiger partial charge in [-0.05, 0) is 34.8 Å². The van der Waals surface area contributed by atoms with Crippen LogP contribution in [-0.2, 0) is 0 Å². The van der Waals surface area contributed by atoms with Crippen LogP contribution < -0.4 is 11.1 Å². The zero-order chi connectivity index (χ0) is 11.6. The Hall–Kier alpha value is -0.320. The van der Waals surface area contributed by atoms with Crippen molar-refractivity contribution in [1.29, 1.82) is 0 Å². The quantitative estimate of drug-likeness (QED) is 0.902. The van der Waals surface area contributed by atoms with Crippen LogP contribution in [0.4, 0.5) is 5.82 Å². The summed E-state index contributed by atoms with van der Waals surface area (Å²) in [6.45, 7) is 0.643. The second kappa shape index (κ2) is 4.90. The molecule has 1 fully saturated rings. The predicted molar refractivity (Wildman–Crippen MR) is 70.8 cm³/mol. The van der Waals surface area contributed by atoms with E-state index in [1.807, 2.05) is 6.07 Å². The Bertz CT molecular complexity index is 377. The van der Waals surface area contributed by atoms with Gasteiger partial charge < -0.3 is 11.1 Å². The van der Waals surface area contributed by atoms with Crippen molar-refractivity contribution in [3.05, 3.63) is 21.8 Å². The van der Waals surface area contributed by atoms with Gasteiger partial charge in [-0.15, -0.1) is 0 Å². The molecular formula is C11H15BrClN3. The molecular weight excluding hydrogens is 289 g/mol. The standard InChI is InChI=1S/C11H15BrClN3/c12-9-5-8(13)6-15-10(9)16-11(7-14)3-1-2-4-11/h5-6H,1-4,7,14H2,(H,15,16). The minimum absolute atomic E-state index is 0.0172. The van der Waals surface area contributed by atoms with Crippen LogP contribution in [-0.4, -0.2) is 17.1 Å². The lowest BCUT2D eigenvalue weighted by Crippen LogP contribution is -2.43. The molecule has 1 aromatic heterocycles. The molecule has 1 aromatic rings. The molecule has 0 spiro atoms. The molecule has 0 aliphatic heterocycles. The average molecular weight is 305 g/mol. The van der Waals surface area contributed by atoms with Crippen LogP contribution in [0.3, 0.4) is 0 Å². The summed E-state index contributed by atoms with van der Waals surface area (Å²) in [7, 11) is 0. The smallest absolute Gasteiger partial charge is 0.140 e. The fourth-order valence-electron chi connectivity index (χ4n) is 2.19. The molecule has 2 rings (SSSR count). The molecule has 3 N–H and O–H groups in total. The van der Waals surface area contributed by atoms with Gasteiger partial charge in [-0.2, -0.15) is 0 Å². The first-order chi connectivity index (χ1) is 7.65. The monoisotopic (exact) mass is 303 g/mol. The highest BCUT2D eigenvalue weighted by molar-refractivity contribution is 9.10. The van der Waals surface area contributed by atoms with Crippen LogP contribution in [0.1, 0.15) is 25.7 Å². The molecule has 5 heteroatoms. The molecule has 1 saturated carbocycles. The number of nitrogens with zero attached hydrogens (tertiary/aromatic N) is 1. The van der Waals surface area contributed by atoms with Crippen LogP contribution in [0.15, 0.2) is 16.7 Å². The fourth-order valence-corrected chi connectivity index (χ4v) is 2.93. The molecule has 0 bridgehead atoms. The van der Waals surface area contributed by atoms with Crippen molar-refractivity contribution in [2.75, 3.05) is 11.9 Å². The summed E-state index contributed by atoms with van der Waals surface area (Å²) < 4.78 is 0.889. The highest BCUT2D eigenvalue weighted by Crippen LogP contribution is 2.34. The van der Waals surface area contributed by atoms with Crippen LogP contribution in [0.2, 0.25) is 5.02 Å². The number of hydrogen-bond donors (Lipinski definition) is 2. The van der Waals surface area contributed by atoms with E-state index in [-0.39, 0.29) is 5.54 Å². The first kappa shape index (κ1) is 12.1. The van der Waals surface area contributed by atoms with Crippen LogP contribution in [0.25, 0.3) is 0 Å². The number of aromatic nitrogens is 1. The number of halogens is 2. The van der Waals surface area contributed by atoms with E-state index in [2.05, 4.69) is 26.2 Å². The van der Waals surface area contributed by atoms with Gasteiger partial charge in [-0.25, -0.2) is 4.98 Å². The minimum atomic E-state index is 0.0172. The van der Waals surface area contributed by atoms with Crippen molar-refractivity contribution in [3.8, 4) is 0 Å². The van der Waals surface area contributed by atoms with E-state index in [4.69, 9.17) is 17.3 Å². The van der Waals surface area contributed by atoms with E-state index in [0.717, 1.165) is 23.1 Å². The number of nitrogens with one attached hydrogen (secondary N) is 1. The second-order valence-electron chi connectivity index (χ2n) is 4.30. The highest BCUT2D eigenvalue weighted by atomic mass is 79.9. The molecule has 1 aliphatic rings. The van der Waals surface area contributed by atoms with E-state index >= 15 is 0 Å². The highest BCUT2D eigenvalue weighted by Gasteiger charge is 2.32. The van der Waals surface area contributed by atoms with Crippen LogP contribution in [0.5, 0.6) is 0 Å². The molecule has 3 nitrogen and oxygen atoms in total. The Morgan fingerprint density at radius 3 is 2.75 bits per heavy atom. The fraction of sp³-hybridized carbons (Fsp3) is 0.545. The minimum Gasteiger partial charge on any atom is -0.362 e. The van der Waals surface area contributed by atoms with E-state index in [1.54, 1.807) is 6.20 Å². The molecule has 0 amide bonds. The molecule has 0 atom stereocenters. The topological polar surface area (TPSA) is 50.9 Å². The summed E-state index contributed by atoms with van der Waals surface area (Å²) >= 11 is 9.31. The molecule has 1 heterocycles. The first-order valence-corrected chi connectivity index (χ1v) is 6.62. The lowest BCUT2D eigenvalue weighted by molar-refractivity contribution is 0.491. The van der Waals surface area contributed by atoms with E-state index in [9.17, 15) is 0 Å². The first-order valence-electron chi connectivity index (χ1n) is 5.44. The van der Waals surface area contributed by atoms with Crippen molar-refractivity contribution in [1.82, 2.24) is 4.98 Å². The summed E-state index contributed by atoms with van der Waals surface area (Å²) in [5.41, 5.74) is 5.88. The Morgan fingerprint density at radius 1 is 1.50 bits per heavy atom. The van der Waals surface area contributed by atoms with Crippen molar-refractivity contribution >= 4 is 33.3 Å². The van der Waals surface area contributed by atoms with Crippen LogP contribution in [0, 0.1) is 0 Å². The maximum absolute atomic E-state index is 5.86. The van der Waals surface area contributed by atoms with E-state index in [0.29, 0.717) is 11.6 Å². The Labute approximate surface area is 109 Å². The van der Waals surface area contributed by atoms with Crippen molar-refractivity contribution in [3.63, 3.8) is 0 Å². The third-order valence-electron chi connectivity index (χ3n) is 3.14. The lowest BCUT2D eigenvalue weighted by Gasteiger charge is -2.29. The normalized spacial score (nSPS) is 18.7. The van der Waals surface area contributed by atoms with Crippen molar-refractivity contribution < 1.29 is 0 Å². The molecule has 0 unspecified atom stereocenters. The predicted octanol–water partition coefficient (Wildman–Crippen LogP) is 3.18. The summed E-state index contributed by atoms with van der Waals surface area (Å²) in [6, 6.07) is 1.84. The number of hydrogen-bond acceptors (Lipinski definition) is 3. The maximum atomic E-state index is 5.86. The largest absolute Gasteiger partial charge is 0.362 e. The van der Waals surface area contributed by atoms with Gasteiger partial charge in [0.2, 0.25) is 0 Å². The summed E-state index contributed by atoms with van der Waals surface area (Å²) in [6.07, 6.45) is 6.33. The summed E-state index contributed by atoms with van der Waals surface area (Å²) in [5, 5.41) is 4.09. The summed E-state index contributed by atoms with van der Waals surface area (Å²) in [4.78, 5) is 4.29. The van der Waals surface area contributed by atoms with Gasteiger partial charge in [0.15, 0.2) is 0 Å². The van der Waals surface area contributed by atoms with Crippen molar-refractivity contribution in [2.24, 2.45) is 5.73 Å². The Balaban J connectivity index is 2.19. The van der Waals surface area contributed by atoms with Gasteiger partial charge in [-0.1, -0.05) is 24.4 Å². The molecule has 88 valence electrons.